The number of halogens is 2. The number of anilines is 2. The van der Waals surface area contributed by atoms with Crippen molar-refractivity contribution in [2.45, 2.75) is 11.3 Å². The van der Waals surface area contributed by atoms with Gasteiger partial charge in [-0.15, -0.1) is 0 Å². The summed E-state index contributed by atoms with van der Waals surface area (Å²) in [5.41, 5.74) is 5.93. The van der Waals surface area contributed by atoms with E-state index in [1.165, 1.54) is 30.1 Å². The fourth-order valence-electron chi connectivity index (χ4n) is 1.70. The van der Waals surface area contributed by atoms with Crippen LogP contribution in [0.4, 0.5) is 20.2 Å². The van der Waals surface area contributed by atoms with Gasteiger partial charge in [-0.05, 0) is 25.2 Å². The van der Waals surface area contributed by atoms with Gasteiger partial charge >= 0.3 is 0 Å². The maximum absolute atomic E-state index is 12.5. The summed E-state index contributed by atoms with van der Waals surface area (Å²) in [4.78, 5) is 1.11. The summed E-state index contributed by atoms with van der Waals surface area (Å²) in [6, 6.07) is 3.91. The molecule has 0 atom stereocenters. The number of hydrogen-bond acceptors (Lipinski definition) is 5. The molecule has 1 aromatic carbocycles. The van der Waals surface area contributed by atoms with E-state index in [9.17, 15) is 17.2 Å². The second-order valence-corrected chi connectivity index (χ2v) is 5.85. The van der Waals surface area contributed by atoms with Crippen molar-refractivity contribution in [2.75, 3.05) is 37.4 Å². The van der Waals surface area contributed by atoms with Gasteiger partial charge < -0.3 is 15.7 Å². The Morgan fingerprint density at radius 1 is 1.45 bits per heavy atom. The predicted molar refractivity (Wildman–Crippen MR) is 72.4 cm³/mol. The van der Waals surface area contributed by atoms with Crippen LogP contribution in [0.3, 0.4) is 0 Å². The molecule has 20 heavy (non-hydrogen) atoms. The van der Waals surface area contributed by atoms with Crippen LogP contribution in [0.15, 0.2) is 23.1 Å². The molecule has 6 nitrogen and oxygen atoms in total. The van der Waals surface area contributed by atoms with Crippen molar-refractivity contribution in [1.82, 2.24) is 4.72 Å². The summed E-state index contributed by atoms with van der Waals surface area (Å²) >= 11 is 0. The molecule has 0 saturated carbocycles. The molecule has 4 N–H and O–H groups in total. The highest BCUT2D eigenvalue weighted by molar-refractivity contribution is 7.89. The Bertz CT molecular complexity index is 552. The highest BCUT2D eigenvalue weighted by atomic mass is 32.2. The van der Waals surface area contributed by atoms with Crippen LogP contribution in [-0.4, -0.2) is 46.7 Å². The monoisotopic (exact) mass is 309 g/mol. The molecule has 0 spiro atoms. The van der Waals surface area contributed by atoms with Crippen LogP contribution in [0.25, 0.3) is 0 Å². The van der Waals surface area contributed by atoms with Gasteiger partial charge in [0.15, 0.2) is 0 Å². The molecule has 1 rings (SSSR count). The van der Waals surface area contributed by atoms with Crippen molar-refractivity contribution < 1.29 is 22.3 Å². The molecule has 0 unspecified atom stereocenters. The minimum absolute atomic E-state index is 0.00189. The number of rotatable bonds is 7. The number of nitrogens with zero attached hydrogens (tertiary/aromatic N) is 1. The number of nitrogens with two attached hydrogens (primary N) is 1. The maximum Gasteiger partial charge on any atom is 0.255 e. The molecule has 0 aliphatic rings. The normalized spacial score (nSPS) is 11.8. The zero-order chi connectivity index (χ0) is 15.3. The third-order valence-electron chi connectivity index (χ3n) is 2.65. The average molecular weight is 309 g/mol. The number of aliphatic hydroxyl groups excluding tert-OH is 1. The smallest absolute Gasteiger partial charge is 0.255 e. The molecular weight excluding hydrogens is 292 g/mol. The van der Waals surface area contributed by atoms with Crippen molar-refractivity contribution in [3.63, 3.8) is 0 Å². The lowest BCUT2D eigenvalue weighted by Crippen LogP contribution is -2.31. The Hall–Kier alpha value is -1.45. The van der Waals surface area contributed by atoms with E-state index in [1.54, 1.807) is 0 Å². The number of nitrogens with one attached hydrogen (secondary N) is 1. The molecule has 0 bridgehead atoms. The fourth-order valence-corrected chi connectivity index (χ4v) is 2.54. The second kappa shape index (κ2) is 6.82. The summed E-state index contributed by atoms with van der Waals surface area (Å²) in [6.45, 7) is -0.872. The quantitative estimate of drug-likeness (QED) is 0.627. The van der Waals surface area contributed by atoms with Gasteiger partial charge in [-0.25, -0.2) is 21.9 Å². The lowest BCUT2D eigenvalue weighted by Gasteiger charge is -2.24. The molecule has 0 amide bonds. The highest BCUT2D eigenvalue weighted by Crippen LogP contribution is 2.25. The number of alkyl halides is 2. The minimum atomic E-state index is -3.70. The third kappa shape index (κ3) is 4.02. The van der Waals surface area contributed by atoms with E-state index in [2.05, 4.69) is 4.72 Å². The highest BCUT2D eigenvalue weighted by Gasteiger charge is 2.18. The first-order valence-corrected chi connectivity index (χ1v) is 7.27. The molecular formula is C11H17F2N3O3S. The van der Waals surface area contributed by atoms with Crippen LogP contribution in [0.5, 0.6) is 0 Å². The van der Waals surface area contributed by atoms with Crippen LogP contribution in [0.2, 0.25) is 0 Å². The molecule has 9 heteroatoms. The van der Waals surface area contributed by atoms with Crippen LogP contribution in [-0.2, 0) is 10.0 Å². The van der Waals surface area contributed by atoms with Crippen LogP contribution >= 0.6 is 0 Å². The molecule has 0 aliphatic heterocycles. The van der Waals surface area contributed by atoms with Crippen LogP contribution in [0, 0.1) is 0 Å². The molecule has 0 heterocycles. The first-order valence-electron chi connectivity index (χ1n) is 5.79. The van der Waals surface area contributed by atoms with E-state index in [4.69, 9.17) is 10.8 Å². The molecule has 0 saturated heterocycles. The summed E-state index contributed by atoms with van der Waals surface area (Å²) in [5, 5.41) is 8.88. The summed E-state index contributed by atoms with van der Waals surface area (Å²) in [7, 11) is -2.45. The number of hydrogen-bond donors (Lipinski definition) is 3. The van der Waals surface area contributed by atoms with Gasteiger partial charge in [-0.2, -0.15) is 0 Å². The van der Waals surface area contributed by atoms with E-state index in [0.29, 0.717) is 5.69 Å². The minimum Gasteiger partial charge on any atom is -0.398 e. The molecule has 1 aromatic rings. The van der Waals surface area contributed by atoms with E-state index in [0.717, 1.165) is 0 Å². The molecule has 0 aromatic heterocycles. The Morgan fingerprint density at radius 2 is 2.10 bits per heavy atom. The molecule has 0 radical (unpaired) electrons. The Balaban J connectivity index is 3.12. The maximum atomic E-state index is 12.5. The van der Waals surface area contributed by atoms with E-state index < -0.39 is 23.0 Å². The zero-order valence-corrected chi connectivity index (χ0v) is 11.7. The Kier molecular flexibility index (Phi) is 5.66. The van der Waals surface area contributed by atoms with Gasteiger partial charge in [0.1, 0.15) is 4.90 Å². The predicted octanol–water partition coefficient (Wildman–Crippen LogP) is 0.241. The molecule has 0 aliphatic carbocycles. The average Bonchev–Trinajstić information content (AvgIpc) is 2.37. The van der Waals surface area contributed by atoms with Crippen molar-refractivity contribution in [3.8, 4) is 0 Å². The fraction of sp³-hybridized carbons (Fsp3) is 0.455. The van der Waals surface area contributed by atoms with Gasteiger partial charge in [0, 0.05) is 12.2 Å². The zero-order valence-electron chi connectivity index (χ0n) is 10.9. The van der Waals surface area contributed by atoms with Crippen molar-refractivity contribution >= 4 is 21.4 Å². The van der Waals surface area contributed by atoms with Crippen LogP contribution < -0.4 is 15.4 Å². The van der Waals surface area contributed by atoms with Gasteiger partial charge in [-0.3, -0.25) is 0 Å². The lowest BCUT2D eigenvalue weighted by molar-refractivity contribution is 0.153. The number of aliphatic hydroxyl groups is 1. The van der Waals surface area contributed by atoms with Crippen LogP contribution in [0.1, 0.15) is 0 Å². The summed E-state index contributed by atoms with van der Waals surface area (Å²) in [5.74, 6) is 0. The first kappa shape index (κ1) is 16.6. The Morgan fingerprint density at radius 3 is 2.55 bits per heavy atom. The van der Waals surface area contributed by atoms with Crippen molar-refractivity contribution in [2.24, 2.45) is 0 Å². The largest absolute Gasteiger partial charge is 0.398 e. The third-order valence-corrected chi connectivity index (χ3v) is 4.13. The lowest BCUT2D eigenvalue weighted by atomic mass is 10.2. The van der Waals surface area contributed by atoms with Gasteiger partial charge in [-0.1, -0.05) is 0 Å². The second-order valence-electron chi connectivity index (χ2n) is 3.99. The number of sulfonamides is 1. The van der Waals surface area contributed by atoms with E-state index in [1.807, 2.05) is 0 Å². The van der Waals surface area contributed by atoms with Crippen molar-refractivity contribution in [3.05, 3.63) is 18.2 Å². The number of benzene rings is 1. The first-order chi connectivity index (χ1) is 9.31. The van der Waals surface area contributed by atoms with E-state index in [-0.39, 0.29) is 23.7 Å². The SMILES string of the molecule is CNS(=O)(=O)c1ccc(N(CCO)CC(F)F)cc1N. The van der Waals surface area contributed by atoms with Crippen molar-refractivity contribution in [1.29, 1.82) is 0 Å². The summed E-state index contributed by atoms with van der Waals surface area (Å²) in [6.07, 6.45) is -2.58. The molecule has 114 valence electrons. The van der Waals surface area contributed by atoms with Gasteiger partial charge in [0.25, 0.3) is 6.43 Å². The van der Waals surface area contributed by atoms with Gasteiger partial charge in [0.2, 0.25) is 10.0 Å². The van der Waals surface area contributed by atoms with Gasteiger partial charge in [0.05, 0.1) is 18.8 Å². The topological polar surface area (TPSA) is 95.7 Å². The number of nitrogen functional groups attached to an aromatic ring is 1. The summed E-state index contributed by atoms with van der Waals surface area (Å²) < 4.78 is 50.3. The Labute approximate surface area is 116 Å². The standard InChI is InChI=1S/C11H17F2N3O3S/c1-15-20(18,19)10-3-2-8(6-9(10)14)16(4-5-17)7-11(12)13/h2-3,6,11,15,17H,4-5,7,14H2,1H3. The molecule has 0 fully saturated rings. The van der Waals surface area contributed by atoms with E-state index >= 15 is 0 Å².